The molecule has 1 aromatic rings. The summed E-state index contributed by atoms with van der Waals surface area (Å²) in [6.07, 6.45) is 4.21. The predicted molar refractivity (Wildman–Crippen MR) is 99.1 cm³/mol. The maximum absolute atomic E-state index is 12.8. The second-order valence-electron chi connectivity index (χ2n) is 6.29. The molecule has 3 rings (SSSR count). The van der Waals surface area contributed by atoms with E-state index in [4.69, 9.17) is 0 Å². The Morgan fingerprint density at radius 2 is 1.67 bits per heavy atom. The number of carbonyl (C=O) groups excluding carboxylic acids is 1. The Labute approximate surface area is 159 Å². The third-order valence-electron chi connectivity index (χ3n) is 4.77. The number of piperazine rings is 1. The van der Waals surface area contributed by atoms with E-state index in [1.165, 1.54) is 4.31 Å². The van der Waals surface area contributed by atoms with Crippen LogP contribution in [0.2, 0.25) is 0 Å². The Hall–Kier alpha value is -0.440. The van der Waals surface area contributed by atoms with Gasteiger partial charge in [-0.3, -0.25) is 4.79 Å². The zero-order valence-corrected chi connectivity index (χ0v) is 17.2. The van der Waals surface area contributed by atoms with Crippen molar-refractivity contribution in [1.29, 1.82) is 0 Å². The molecule has 0 N–H and O–H groups in total. The third kappa shape index (κ3) is 3.71. The second kappa shape index (κ2) is 7.43. The van der Waals surface area contributed by atoms with E-state index >= 15 is 0 Å². The Bertz CT molecular complexity index is 725. The summed E-state index contributed by atoms with van der Waals surface area (Å²) in [4.78, 5) is 14.6. The summed E-state index contributed by atoms with van der Waals surface area (Å²) < 4.78 is 28.5. The van der Waals surface area contributed by atoms with Gasteiger partial charge in [0.1, 0.15) is 0 Å². The van der Waals surface area contributed by atoms with Gasteiger partial charge in [-0.1, -0.05) is 28.8 Å². The summed E-state index contributed by atoms with van der Waals surface area (Å²) >= 11 is 6.66. The molecule has 1 heterocycles. The van der Waals surface area contributed by atoms with Crippen LogP contribution in [0.25, 0.3) is 0 Å². The monoisotopic (exact) mass is 478 g/mol. The van der Waals surface area contributed by atoms with E-state index < -0.39 is 10.0 Å². The summed E-state index contributed by atoms with van der Waals surface area (Å²) in [5.41, 5.74) is 0. The lowest BCUT2D eigenvalue weighted by Crippen LogP contribution is -2.51. The molecule has 1 saturated heterocycles. The van der Waals surface area contributed by atoms with Gasteiger partial charge in [0.05, 0.1) is 4.90 Å². The van der Waals surface area contributed by atoms with E-state index in [0.29, 0.717) is 30.7 Å². The number of halogens is 2. The normalized spacial score (nSPS) is 20.5. The van der Waals surface area contributed by atoms with Crippen LogP contribution in [0.3, 0.4) is 0 Å². The van der Waals surface area contributed by atoms with Gasteiger partial charge in [-0.05, 0) is 47.0 Å². The number of benzene rings is 1. The first kappa shape index (κ1) is 18.4. The molecule has 0 unspecified atom stereocenters. The average molecular weight is 480 g/mol. The van der Waals surface area contributed by atoms with Crippen LogP contribution >= 0.6 is 31.9 Å². The van der Waals surface area contributed by atoms with Crippen LogP contribution in [-0.4, -0.2) is 49.7 Å². The van der Waals surface area contributed by atoms with Crippen molar-refractivity contribution in [1.82, 2.24) is 9.21 Å². The highest BCUT2D eigenvalue weighted by atomic mass is 79.9. The first-order valence-corrected chi connectivity index (χ1v) is 11.2. The van der Waals surface area contributed by atoms with Gasteiger partial charge in [0, 0.05) is 41.0 Å². The zero-order chi connectivity index (χ0) is 17.3. The summed E-state index contributed by atoms with van der Waals surface area (Å²) in [5, 5.41) is 0. The Morgan fingerprint density at radius 1 is 1.04 bits per heavy atom. The number of sulfonamides is 1. The minimum Gasteiger partial charge on any atom is -0.340 e. The molecule has 1 amide bonds. The van der Waals surface area contributed by atoms with Crippen LogP contribution in [0.4, 0.5) is 0 Å². The highest BCUT2D eigenvalue weighted by Crippen LogP contribution is 2.30. The van der Waals surface area contributed by atoms with Crippen molar-refractivity contribution in [3.05, 3.63) is 27.1 Å². The summed E-state index contributed by atoms with van der Waals surface area (Å²) in [7, 11) is -3.55. The number of hydrogen-bond acceptors (Lipinski definition) is 3. The Balaban J connectivity index is 1.68. The number of carbonyl (C=O) groups is 1. The lowest BCUT2D eigenvalue weighted by Gasteiger charge is -2.35. The van der Waals surface area contributed by atoms with Crippen LogP contribution in [0.1, 0.15) is 25.7 Å². The SMILES string of the molecule is O=C(C1CCCC1)N1CCN(S(=O)(=O)c2ccc(Br)cc2Br)CC1. The molecular formula is C16H20Br2N2O3S. The molecule has 0 atom stereocenters. The topological polar surface area (TPSA) is 57.7 Å². The molecular weight excluding hydrogens is 460 g/mol. The Morgan fingerprint density at radius 3 is 2.25 bits per heavy atom. The average Bonchev–Trinajstić information content (AvgIpc) is 3.08. The first-order chi connectivity index (χ1) is 11.4. The van der Waals surface area contributed by atoms with Crippen LogP contribution in [-0.2, 0) is 14.8 Å². The Kier molecular flexibility index (Phi) is 5.68. The molecule has 132 valence electrons. The van der Waals surface area contributed by atoms with E-state index in [1.54, 1.807) is 18.2 Å². The molecule has 0 bridgehead atoms. The maximum atomic E-state index is 12.8. The number of nitrogens with zero attached hydrogens (tertiary/aromatic N) is 2. The van der Waals surface area contributed by atoms with Gasteiger partial charge in [-0.25, -0.2) is 8.42 Å². The lowest BCUT2D eigenvalue weighted by atomic mass is 10.1. The van der Waals surface area contributed by atoms with Crippen LogP contribution in [0.15, 0.2) is 32.0 Å². The molecule has 0 radical (unpaired) electrons. The van der Waals surface area contributed by atoms with Gasteiger partial charge < -0.3 is 4.90 Å². The minimum absolute atomic E-state index is 0.147. The fourth-order valence-electron chi connectivity index (χ4n) is 3.40. The molecule has 2 fully saturated rings. The van der Waals surface area contributed by atoms with Crippen molar-refractivity contribution in [2.24, 2.45) is 5.92 Å². The van der Waals surface area contributed by atoms with Crippen molar-refractivity contribution in [3.8, 4) is 0 Å². The van der Waals surface area contributed by atoms with Gasteiger partial charge in [0.2, 0.25) is 15.9 Å². The smallest absolute Gasteiger partial charge is 0.244 e. The van der Waals surface area contributed by atoms with E-state index in [9.17, 15) is 13.2 Å². The standard InChI is InChI=1S/C16H20Br2N2O3S/c17-13-5-6-15(14(18)11-13)24(22,23)20-9-7-19(8-10-20)16(21)12-3-1-2-4-12/h5-6,11-12H,1-4,7-10H2. The first-order valence-electron chi connectivity index (χ1n) is 8.13. The summed E-state index contributed by atoms with van der Waals surface area (Å²) in [6, 6.07) is 5.05. The molecule has 2 aliphatic rings. The highest BCUT2D eigenvalue weighted by molar-refractivity contribution is 9.11. The molecule has 0 aromatic heterocycles. The second-order valence-corrected chi connectivity index (χ2v) is 9.96. The lowest BCUT2D eigenvalue weighted by molar-refractivity contribution is -0.136. The minimum atomic E-state index is -3.55. The third-order valence-corrected chi connectivity index (χ3v) is 8.14. The summed E-state index contributed by atoms with van der Waals surface area (Å²) in [6.45, 7) is 1.65. The van der Waals surface area contributed by atoms with Crippen molar-refractivity contribution >= 4 is 47.8 Å². The predicted octanol–water partition coefficient (Wildman–Crippen LogP) is 3.23. The van der Waals surface area contributed by atoms with E-state index in [2.05, 4.69) is 31.9 Å². The largest absolute Gasteiger partial charge is 0.340 e. The molecule has 24 heavy (non-hydrogen) atoms. The highest BCUT2D eigenvalue weighted by Gasteiger charge is 2.34. The maximum Gasteiger partial charge on any atom is 0.244 e. The van der Waals surface area contributed by atoms with Gasteiger partial charge >= 0.3 is 0 Å². The van der Waals surface area contributed by atoms with Crippen molar-refractivity contribution < 1.29 is 13.2 Å². The molecule has 5 nitrogen and oxygen atoms in total. The van der Waals surface area contributed by atoms with E-state index in [0.717, 1.165) is 30.2 Å². The summed E-state index contributed by atoms with van der Waals surface area (Å²) in [5.74, 6) is 0.350. The number of hydrogen-bond donors (Lipinski definition) is 0. The molecule has 1 aromatic carbocycles. The quantitative estimate of drug-likeness (QED) is 0.668. The van der Waals surface area contributed by atoms with Gasteiger partial charge in [-0.15, -0.1) is 0 Å². The van der Waals surface area contributed by atoms with Crippen LogP contribution in [0.5, 0.6) is 0 Å². The van der Waals surface area contributed by atoms with E-state index in [1.807, 2.05) is 4.90 Å². The zero-order valence-electron chi connectivity index (χ0n) is 13.2. The van der Waals surface area contributed by atoms with Gasteiger partial charge in [0.25, 0.3) is 0 Å². The fraction of sp³-hybridized carbons (Fsp3) is 0.562. The van der Waals surface area contributed by atoms with Crippen molar-refractivity contribution in [3.63, 3.8) is 0 Å². The molecule has 1 aliphatic heterocycles. The molecule has 1 saturated carbocycles. The van der Waals surface area contributed by atoms with Gasteiger partial charge in [0.15, 0.2) is 0 Å². The van der Waals surface area contributed by atoms with Crippen LogP contribution < -0.4 is 0 Å². The van der Waals surface area contributed by atoms with Crippen LogP contribution in [0, 0.1) is 5.92 Å². The van der Waals surface area contributed by atoms with Gasteiger partial charge in [-0.2, -0.15) is 4.31 Å². The van der Waals surface area contributed by atoms with Crippen molar-refractivity contribution in [2.75, 3.05) is 26.2 Å². The van der Waals surface area contributed by atoms with E-state index in [-0.39, 0.29) is 16.7 Å². The molecule has 8 heteroatoms. The molecule has 1 aliphatic carbocycles. The number of rotatable bonds is 3. The number of amides is 1. The fourth-order valence-corrected chi connectivity index (χ4v) is 6.53. The molecule has 0 spiro atoms. The van der Waals surface area contributed by atoms with Crippen molar-refractivity contribution in [2.45, 2.75) is 30.6 Å².